The number of nitrogens with zero attached hydrogens (tertiary/aromatic N) is 2. The van der Waals surface area contributed by atoms with Crippen molar-refractivity contribution >= 4 is 23.1 Å². The van der Waals surface area contributed by atoms with E-state index in [0.717, 1.165) is 50.4 Å². The number of ketones is 1. The number of hydrogen-bond donors (Lipinski definition) is 1. The summed E-state index contributed by atoms with van der Waals surface area (Å²) in [7, 11) is 0. The second-order valence-corrected chi connectivity index (χ2v) is 8.06. The molecule has 4 rings (SSSR count). The number of rotatable bonds is 5. The largest absolute Gasteiger partial charge is 0.479 e. The number of carbonyl (C=O) groups is 1. The summed E-state index contributed by atoms with van der Waals surface area (Å²) in [6, 6.07) is 12.0. The van der Waals surface area contributed by atoms with E-state index in [0.29, 0.717) is 23.9 Å². The minimum absolute atomic E-state index is 0.0880. The summed E-state index contributed by atoms with van der Waals surface area (Å²) in [4.78, 5) is 17.3. The Morgan fingerprint density at radius 2 is 1.86 bits per heavy atom. The van der Waals surface area contributed by atoms with E-state index in [4.69, 9.17) is 16.3 Å². The van der Waals surface area contributed by atoms with Gasteiger partial charge in [0.15, 0.2) is 11.9 Å². The molecule has 29 heavy (non-hydrogen) atoms. The van der Waals surface area contributed by atoms with Crippen LogP contribution in [0.25, 0.3) is 0 Å². The van der Waals surface area contributed by atoms with Gasteiger partial charge >= 0.3 is 0 Å². The first-order valence-corrected chi connectivity index (χ1v) is 10.4. The number of Topliss-reactive ketones (excluding diaryl/α,β-unsaturated/α-hetero) is 1. The molecule has 1 fully saturated rings. The third kappa shape index (κ3) is 5.26. The summed E-state index contributed by atoms with van der Waals surface area (Å²) < 4.78 is 19.0. The monoisotopic (exact) mass is 417 g/mol. The number of benzene rings is 2. The molecule has 2 aromatic rings. The van der Waals surface area contributed by atoms with Crippen LogP contribution in [-0.2, 0) is 11.3 Å². The van der Waals surface area contributed by atoms with Gasteiger partial charge in [-0.05, 0) is 55.4 Å². The summed E-state index contributed by atoms with van der Waals surface area (Å²) in [6.07, 6.45) is 0.516. The zero-order chi connectivity index (χ0) is 20.2. The summed E-state index contributed by atoms with van der Waals surface area (Å²) in [5.74, 6) is 0.546. The second kappa shape index (κ2) is 9.11. The van der Waals surface area contributed by atoms with Gasteiger partial charge in [0.2, 0.25) is 0 Å². The van der Waals surface area contributed by atoms with Crippen LogP contribution in [0, 0.1) is 5.82 Å². The van der Waals surface area contributed by atoms with Crippen LogP contribution in [0.15, 0.2) is 42.5 Å². The molecule has 2 aromatic carbocycles. The lowest BCUT2D eigenvalue weighted by molar-refractivity contribution is -0.126. The van der Waals surface area contributed by atoms with E-state index in [1.165, 1.54) is 12.1 Å². The minimum atomic E-state index is -0.484. The van der Waals surface area contributed by atoms with Gasteiger partial charge in [-0.2, -0.15) is 0 Å². The average molecular weight is 418 g/mol. The smallest absolute Gasteiger partial charge is 0.189 e. The molecule has 1 atom stereocenters. The predicted octanol–water partition coefficient (Wildman–Crippen LogP) is 3.43. The van der Waals surface area contributed by atoms with Crippen molar-refractivity contribution in [2.45, 2.75) is 19.1 Å². The molecule has 2 aliphatic rings. The van der Waals surface area contributed by atoms with Gasteiger partial charge in [0, 0.05) is 24.7 Å². The third-order valence-corrected chi connectivity index (χ3v) is 5.66. The zero-order valence-corrected chi connectivity index (χ0v) is 17.0. The number of hydrogen-bond acceptors (Lipinski definition) is 5. The SMILES string of the molecule is O=C(CN1CCCN(Cc2ccc(F)cc2)CC1)C1CNc2cc(Cl)ccc2O1. The van der Waals surface area contributed by atoms with Crippen LogP contribution in [0.2, 0.25) is 5.02 Å². The van der Waals surface area contributed by atoms with E-state index in [1.54, 1.807) is 12.1 Å². The molecule has 0 aliphatic carbocycles. The minimum Gasteiger partial charge on any atom is -0.479 e. The maximum Gasteiger partial charge on any atom is 0.189 e. The number of carbonyl (C=O) groups excluding carboxylic acids is 1. The summed E-state index contributed by atoms with van der Waals surface area (Å²) in [6.45, 7) is 5.22. The van der Waals surface area contributed by atoms with E-state index in [-0.39, 0.29) is 11.6 Å². The van der Waals surface area contributed by atoms with Crippen LogP contribution in [0.5, 0.6) is 5.75 Å². The molecule has 2 aliphatic heterocycles. The molecule has 0 amide bonds. The topological polar surface area (TPSA) is 44.8 Å². The molecule has 7 heteroatoms. The van der Waals surface area contributed by atoms with Crippen molar-refractivity contribution in [3.63, 3.8) is 0 Å². The van der Waals surface area contributed by atoms with E-state index >= 15 is 0 Å². The van der Waals surface area contributed by atoms with Crippen molar-refractivity contribution < 1.29 is 13.9 Å². The summed E-state index contributed by atoms with van der Waals surface area (Å²) >= 11 is 6.00. The van der Waals surface area contributed by atoms with Crippen LogP contribution in [0.3, 0.4) is 0 Å². The quantitative estimate of drug-likeness (QED) is 0.807. The van der Waals surface area contributed by atoms with Crippen molar-refractivity contribution in [3.05, 3.63) is 58.9 Å². The van der Waals surface area contributed by atoms with Gasteiger partial charge in [0.25, 0.3) is 0 Å². The van der Waals surface area contributed by atoms with Crippen molar-refractivity contribution in [3.8, 4) is 5.75 Å². The highest BCUT2D eigenvalue weighted by atomic mass is 35.5. The third-order valence-electron chi connectivity index (χ3n) is 5.43. The number of anilines is 1. The Balaban J connectivity index is 1.28. The molecular formula is C22H25ClFN3O2. The van der Waals surface area contributed by atoms with Gasteiger partial charge < -0.3 is 10.1 Å². The van der Waals surface area contributed by atoms with E-state index < -0.39 is 6.10 Å². The Labute approximate surface area is 175 Å². The van der Waals surface area contributed by atoms with E-state index in [9.17, 15) is 9.18 Å². The van der Waals surface area contributed by atoms with Gasteiger partial charge in [-0.3, -0.25) is 14.6 Å². The molecule has 154 valence electrons. The molecule has 0 aromatic heterocycles. The fourth-order valence-electron chi connectivity index (χ4n) is 3.83. The lowest BCUT2D eigenvalue weighted by Crippen LogP contribution is -2.44. The maximum absolute atomic E-state index is 13.1. The number of ether oxygens (including phenoxy) is 1. The highest BCUT2D eigenvalue weighted by Gasteiger charge is 2.28. The summed E-state index contributed by atoms with van der Waals surface area (Å²) in [5.41, 5.74) is 1.93. The van der Waals surface area contributed by atoms with Gasteiger partial charge in [0.05, 0.1) is 18.8 Å². The fourth-order valence-corrected chi connectivity index (χ4v) is 4.00. The first kappa shape index (κ1) is 20.1. The van der Waals surface area contributed by atoms with Gasteiger partial charge in [-0.1, -0.05) is 23.7 Å². The Bertz CT molecular complexity index is 862. The molecule has 1 N–H and O–H groups in total. The molecule has 1 saturated heterocycles. The maximum atomic E-state index is 13.1. The zero-order valence-electron chi connectivity index (χ0n) is 16.2. The summed E-state index contributed by atoms with van der Waals surface area (Å²) in [5, 5.41) is 3.88. The molecule has 2 heterocycles. The van der Waals surface area contributed by atoms with Crippen LogP contribution in [-0.4, -0.2) is 61.0 Å². The molecule has 5 nitrogen and oxygen atoms in total. The second-order valence-electron chi connectivity index (χ2n) is 7.63. The first-order chi connectivity index (χ1) is 14.1. The van der Waals surface area contributed by atoms with E-state index in [2.05, 4.69) is 15.1 Å². The number of halogens is 2. The van der Waals surface area contributed by atoms with Gasteiger partial charge in [0.1, 0.15) is 11.6 Å². The van der Waals surface area contributed by atoms with Crippen molar-refractivity contribution in [1.29, 1.82) is 0 Å². The Morgan fingerprint density at radius 1 is 1.10 bits per heavy atom. The highest BCUT2D eigenvalue weighted by Crippen LogP contribution is 2.31. The molecule has 0 saturated carbocycles. The average Bonchev–Trinajstić information content (AvgIpc) is 2.94. The van der Waals surface area contributed by atoms with Crippen molar-refractivity contribution in [2.75, 3.05) is 44.6 Å². The molecule has 0 radical (unpaired) electrons. The standard InChI is InChI=1S/C22H25ClFN3O2/c23-17-4-7-21-19(12-17)25-13-22(29-21)20(28)15-27-9-1-8-26(10-11-27)14-16-2-5-18(24)6-3-16/h2-7,12,22,25H,1,8-11,13-15H2. The Hall–Kier alpha value is -2.15. The first-order valence-electron chi connectivity index (χ1n) is 9.99. The van der Waals surface area contributed by atoms with Crippen molar-refractivity contribution in [1.82, 2.24) is 9.80 Å². The van der Waals surface area contributed by atoms with Crippen LogP contribution >= 0.6 is 11.6 Å². The molecule has 0 spiro atoms. The van der Waals surface area contributed by atoms with Gasteiger partial charge in [-0.15, -0.1) is 0 Å². The predicted molar refractivity (Wildman–Crippen MR) is 112 cm³/mol. The van der Waals surface area contributed by atoms with E-state index in [1.807, 2.05) is 18.2 Å². The lowest BCUT2D eigenvalue weighted by atomic mass is 10.1. The van der Waals surface area contributed by atoms with Crippen LogP contribution in [0.4, 0.5) is 10.1 Å². The Morgan fingerprint density at radius 3 is 2.69 bits per heavy atom. The van der Waals surface area contributed by atoms with Gasteiger partial charge in [-0.25, -0.2) is 4.39 Å². The Kier molecular flexibility index (Phi) is 6.33. The van der Waals surface area contributed by atoms with Crippen molar-refractivity contribution in [2.24, 2.45) is 0 Å². The van der Waals surface area contributed by atoms with Crippen LogP contribution < -0.4 is 10.1 Å². The highest BCUT2D eigenvalue weighted by molar-refractivity contribution is 6.30. The molecule has 1 unspecified atom stereocenters. The molecule has 0 bridgehead atoms. The fraction of sp³-hybridized carbons (Fsp3) is 0.409. The van der Waals surface area contributed by atoms with Crippen LogP contribution in [0.1, 0.15) is 12.0 Å². The number of fused-ring (bicyclic) bond motifs is 1. The lowest BCUT2D eigenvalue weighted by Gasteiger charge is -2.28. The number of nitrogens with one attached hydrogen (secondary N) is 1. The molecular weight excluding hydrogens is 393 g/mol. The normalized spacial score (nSPS) is 20.3.